The molecule has 0 saturated heterocycles. The van der Waals surface area contributed by atoms with Crippen LogP contribution in [-0.4, -0.2) is 7.05 Å². The van der Waals surface area contributed by atoms with Gasteiger partial charge in [0.1, 0.15) is 0 Å². The third kappa shape index (κ3) is 2.18. The summed E-state index contributed by atoms with van der Waals surface area (Å²) in [7, 11) is 1.89. The lowest BCUT2D eigenvalue weighted by Crippen LogP contribution is -1.87. The number of rotatable bonds is 2. The Balaban J connectivity index is 2.61. The molecule has 0 aliphatic heterocycles. The van der Waals surface area contributed by atoms with E-state index >= 15 is 0 Å². The number of hydrogen-bond donors (Lipinski definition) is 1. The Hall–Kier alpha value is 0.300. The van der Waals surface area contributed by atoms with E-state index in [0.29, 0.717) is 0 Å². The first-order valence-electron chi connectivity index (χ1n) is 2.42. The van der Waals surface area contributed by atoms with Crippen LogP contribution in [0.25, 0.3) is 0 Å². The predicted octanol–water partition coefficient (Wildman–Crippen LogP) is 2.63. The van der Waals surface area contributed by atoms with Gasteiger partial charge < -0.3 is 0 Å². The highest BCUT2D eigenvalue weighted by Crippen LogP contribution is 2.27. The first kappa shape index (κ1) is 7.41. The van der Waals surface area contributed by atoms with Gasteiger partial charge >= 0.3 is 0 Å². The molecule has 0 radical (unpaired) electrons. The van der Waals surface area contributed by atoms with Gasteiger partial charge in [-0.2, -0.15) is 0 Å². The zero-order chi connectivity index (χ0) is 6.69. The van der Waals surface area contributed by atoms with E-state index in [1.54, 1.807) is 23.3 Å². The number of thiophene rings is 1. The van der Waals surface area contributed by atoms with Gasteiger partial charge in [0.15, 0.2) is 0 Å². The third-order valence-electron chi connectivity index (χ3n) is 0.751. The number of halogens is 1. The molecule has 0 spiro atoms. The normalized spacial score (nSPS) is 10.0. The average Bonchev–Trinajstić information content (AvgIpc) is 2.17. The predicted molar refractivity (Wildman–Crippen MR) is 44.2 cm³/mol. The first-order valence-corrected chi connectivity index (χ1v) is 4.43. The van der Waals surface area contributed by atoms with Crippen molar-refractivity contribution in [3.63, 3.8) is 0 Å². The lowest BCUT2D eigenvalue weighted by Gasteiger charge is -1.88. The molecular formula is C5H6ClNS2. The van der Waals surface area contributed by atoms with Crippen molar-refractivity contribution in [3.8, 4) is 0 Å². The minimum atomic E-state index is 0.841. The van der Waals surface area contributed by atoms with Crippen LogP contribution in [0.1, 0.15) is 0 Å². The molecule has 1 N–H and O–H groups in total. The van der Waals surface area contributed by atoms with Gasteiger partial charge in [-0.15, -0.1) is 11.3 Å². The van der Waals surface area contributed by atoms with E-state index in [-0.39, 0.29) is 0 Å². The van der Waals surface area contributed by atoms with Gasteiger partial charge in [0.05, 0.1) is 8.55 Å². The Morgan fingerprint density at radius 3 is 2.89 bits per heavy atom. The van der Waals surface area contributed by atoms with Crippen molar-refractivity contribution in [2.24, 2.45) is 0 Å². The van der Waals surface area contributed by atoms with Crippen molar-refractivity contribution in [3.05, 3.63) is 16.5 Å². The van der Waals surface area contributed by atoms with Crippen molar-refractivity contribution < 1.29 is 0 Å². The van der Waals surface area contributed by atoms with Crippen LogP contribution in [0.5, 0.6) is 0 Å². The second-order valence-electron chi connectivity index (χ2n) is 1.36. The summed E-state index contributed by atoms with van der Waals surface area (Å²) in [4.78, 5) is 0. The summed E-state index contributed by atoms with van der Waals surface area (Å²) in [6.45, 7) is 0. The molecule has 0 saturated carbocycles. The number of nitrogens with one attached hydrogen (secondary N) is 1. The molecule has 1 aromatic rings. The molecule has 0 fully saturated rings. The Bertz CT molecular complexity index is 187. The van der Waals surface area contributed by atoms with Crippen molar-refractivity contribution in [2.45, 2.75) is 4.21 Å². The van der Waals surface area contributed by atoms with Crippen molar-refractivity contribution in [2.75, 3.05) is 7.05 Å². The second-order valence-corrected chi connectivity index (χ2v) is 4.39. The van der Waals surface area contributed by atoms with Crippen LogP contribution < -0.4 is 4.72 Å². The Morgan fingerprint density at radius 1 is 1.67 bits per heavy atom. The van der Waals surface area contributed by atoms with Crippen LogP contribution in [0.3, 0.4) is 0 Å². The average molecular weight is 180 g/mol. The van der Waals surface area contributed by atoms with Gasteiger partial charge in [-0.1, -0.05) is 11.6 Å². The highest BCUT2D eigenvalue weighted by atomic mass is 35.5. The smallest absolute Gasteiger partial charge is 0.0940 e. The highest BCUT2D eigenvalue weighted by molar-refractivity contribution is 7.99. The molecule has 4 heteroatoms. The standard InChI is InChI=1S/C5H6ClNS2/c1-7-9-5-3-2-4(6)8-5/h2-3,7H,1H3. The largest absolute Gasteiger partial charge is 0.262 e. The quantitative estimate of drug-likeness (QED) is 0.701. The highest BCUT2D eigenvalue weighted by Gasteiger charge is 1.94. The summed E-state index contributed by atoms with van der Waals surface area (Å²) in [6, 6.07) is 3.89. The summed E-state index contributed by atoms with van der Waals surface area (Å²) in [5.74, 6) is 0. The Morgan fingerprint density at radius 2 is 2.44 bits per heavy atom. The fourth-order valence-electron chi connectivity index (χ4n) is 0.453. The van der Waals surface area contributed by atoms with Gasteiger partial charge in [-0.25, -0.2) is 0 Å². The zero-order valence-electron chi connectivity index (χ0n) is 4.85. The molecule has 0 atom stereocenters. The number of hydrogen-bond acceptors (Lipinski definition) is 3. The summed E-state index contributed by atoms with van der Waals surface area (Å²) in [6.07, 6.45) is 0. The molecule has 0 aliphatic rings. The van der Waals surface area contributed by atoms with Gasteiger partial charge in [-0.05, 0) is 31.1 Å². The molecule has 0 bridgehead atoms. The Kier molecular flexibility index (Phi) is 2.85. The molecule has 1 rings (SSSR count). The molecule has 1 heterocycles. The molecule has 50 valence electrons. The monoisotopic (exact) mass is 179 g/mol. The summed E-state index contributed by atoms with van der Waals surface area (Å²) in [5.41, 5.74) is 0. The van der Waals surface area contributed by atoms with E-state index in [1.807, 2.05) is 19.2 Å². The fraction of sp³-hybridized carbons (Fsp3) is 0.200. The van der Waals surface area contributed by atoms with Gasteiger partial charge in [-0.3, -0.25) is 4.72 Å². The van der Waals surface area contributed by atoms with Crippen LogP contribution in [0, 0.1) is 0 Å². The summed E-state index contributed by atoms with van der Waals surface area (Å²) in [5, 5.41) is 0. The fourth-order valence-corrected chi connectivity index (χ4v) is 2.39. The Labute approximate surface area is 67.5 Å². The summed E-state index contributed by atoms with van der Waals surface area (Å²) < 4.78 is 5.00. The van der Waals surface area contributed by atoms with Gasteiger partial charge in [0.2, 0.25) is 0 Å². The maximum absolute atomic E-state index is 5.67. The van der Waals surface area contributed by atoms with Crippen LogP contribution in [0.2, 0.25) is 4.34 Å². The SMILES string of the molecule is CNSc1ccc(Cl)s1. The zero-order valence-corrected chi connectivity index (χ0v) is 7.24. The maximum Gasteiger partial charge on any atom is 0.0940 e. The molecule has 1 nitrogen and oxygen atoms in total. The third-order valence-corrected chi connectivity index (χ3v) is 2.82. The molecule has 0 unspecified atom stereocenters. The van der Waals surface area contributed by atoms with Gasteiger partial charge in [0, 0.05) is 0 Å². The lowest BCUT2D eigenvalue weighted by molar-refractivity contribution is 1.29. The van der Waals surface area contributed by atoms with E-state index < -0.39 is 0 Å². The topological polar surface area (TPSA) is 12.0 Å². The van der Waals surface area contributed by atoms with E-state index in [2.05, 4.69) is 4.72 Å². The molecule has 0 amide bonds. The van der Waals surface area contributed by atoms with E-state index in [9.17, 15) is 0 Å². The van der Waals surface area contributed by atoms with Gasteiger partial charge in [0.25, 0.3) is 0 Å². The minimum absolute atomic E-state index is 0.841. The van der Waals surface area contributed by atoms with E-state index in [1.165, 1.54) is 4.21 Å². The van der Waals surface area contributed by atoms with E-state index in [4.69, 9.17) is 11.6 Å². The van der Waals surface area contributed by atoms with E-state index in [0.717, 1.165) is 4.34 Å². The minimum Gasteiger partial charge on any atom is -0.262 e. The molecule has 0 aromatic carbocycles. The van der Waals surface area contributed by atoms with Crippen LogP contribution >= 0.6 is 34.9 Å². The van der Waals surface area contributed by atoms with Crippen molar-refractivity contribution >= 4 is 34.9 Å². The first-order chi connectivity index (χ1) is 4.33. The second kappa shape index (κ2) is 3.46. The maximum atomic E-state index is 5.67. The lowest BCUT2D eigenvalue weighted by atomic mass is 10.7. The van der Waals surface area contributed by atoms with Crippen LogP contribution in [0.4, 0.5) is 0 Å². The van der Waals surface area contributed by atoms with Crippen molar-refractivity contribution in [1.29, 1.82) is 0 Å². The van der Waals surface area contributed by atoms with Crippen LogP contribution in [-0.2, 0) is 0 Å². The van der Waals surface area contributed by atoms with Crippen molar-refractivity contribution in [1.82, 2.24) is 4.72 Å². The molecule has 9 heavy (non-hydrogen) atoms. The van der Waals surface area contributed by atoms with Crippen LogP contribution in [0.15, 0.2) is 16.3 Å². The summed E-state index contributed by atoms with van der Waals surface area (Å²) >= 11 is 8.83. The molecular weight excluding hydrogens is 174 g/mol. The molecule has 0 aliphatic carbocycles. The molecule has 1 aromatic heterocycles.